The summed E-state index contributed by atoms with van der Waals surface area (Å²) in [6.07, 6.45) is 0. The van der Waals surface area contributed by atoms with Gasteiger partial charge in [0.2, 0.25) is 0 Å². The van der Waals surface area contributed by atoms with Crippen LogP contribution in [0.5, 0.6) is 0 Å². The van der Waals surface area contributed by atoms with Gasteiger partial charge >= 0.3 is 67.2 Å². The van der Waals surface area contributed by atoms with E-state index in [4.69, 9.17) is 15.7 Å². The van der Waals surface area contributed by atoms with Crippen molar-refractivity contribution in [1.82, 2.24) is 0 Å². The molecule has 0 aromatic rings. The van der Waals surface area contributed by atoms with Crippen molar-refractivity contribution >= 4 is 32.1 Å². The van der Waals surface area contributed by atoms with E-state index < -0.39 is 32.1 Å². The van der Waals surface area contributed by atoms with Crippen LogP contribution in [0.3, 0.4) is 0 Å². The maximum Gasteiger partial charge on any atom is 2.00 e. The van der Waals surface area contributed by atoms with Gasteiger partial charge in [0.25, 0.3) is 0 Å². The topological polar surface area (TPSA) is 80.3 Å². The second-order valence-corrected chi connectivity index (χ2v) is 0.775. The fraction of sp³-hybridized carbons (Fsp3) is 0. The zero-order chi connectivity index (χ0) is 5.41. The van der Waals surface area contributed by atoms with Crippen LogP contribution in [0, 0.1) is 0 Å². The summed E-state index contributed by atoms with van der Waals surface area (Å²) < 4.78 is 33.9. The van der Waals surface area contributed by atoms with Crippen LogP contribution in [0.4, 0.5) is 0 Å². The first-order chi connectivity index (χ1) is 2.83. The zero-order valence-electron chi connectivity index (χ0n) is 3.23. The second kappa shape index (κ2) is 26.8. The summed E-state index contributed by atoms with van der Waals surface area (Å²) >= 11 is -3.62. The van der Waals surface area contributed by atoms with Gasteiger partial charge in [-0.15, -0.1) is 0 Å². The third-order valence-corrected chi connectivity index (χ3v) is 0. The van der Waals surface area contributed by atoms with Crippen molar-refractivity contribution in [1.29, 1.82) is 0 Å². The molecule has 0 N–H and O–H groups in total. The molecular weight excluding hydrogens is 279 g/mol. The predicted octanol–water partition coefficient (Wildman–Crippen LogP) is -3.38. The molecule has 0 atom stereocenters. The molecule has 0 heterocycles. The van der Waals surface area contributed by atoms with Crippen LogP contribution in [0.25, 0.3) is 0 Å². The first kappa shape index (κ1) is 15.7. The zero-order valence-corrected chi connectivity index (χ0v) is 9.95. The van der Waals surface area contributed by atoms with E-state index in [1.807, 2.05) is 0 Å². The summed E-state index contributed by atoms with van der Waals surface area (Å²) in [6.45, 7) is 0. The molecule has 0 unspecified atom stereocenters. The Morgan fingerprint density at radius 1 is 1.00 bits per heavy atom. The van der Waals surface area contributed by atoms with Crippen molar-refractivity contribution in [3.05, 3.63) is 0 Å². The number of hydrogen-bond acceptors (Lipinski definition) is 4. The molecule has 0 aromatic carbocycles. The molecule has 7 heteroatoms. The molecule has 4 nitrogen and oxygen atoms in total. The summed E-state index contributed by atoms with van der Waals surface area (Å²) in [5, 5.41) is 0. The quantitative estimate of drug-likeness (QED) is 0.433. The average Bonchev–Trinajstić information content (AvgIpc) is 1.39. The van der Waals surface area contributed by atoms with Crippen LogP contribution in [0.1, 0.15) is 0 Å². The normalized spacial score (nSPS) is 6.00. The Morgan fingerprint density at radius 3 is 1.00 bits per heavy atom. The Bertz CT molecular complexity index is 30.7. The van der Waals surface area contributed by atoms with Crippen LogP contribution in [-0.4, -0.2) is 32.1 Å². The molecule has 0 rings (SSSR count). The Kier molecular flexibility index (Phi) is 60.2. The van der Waals surface area contributed by atoms with Crippen molar-refractivity contribution in [2.75, 3.05) is 0 Å². The van der Waals surface area contributed by atoms with E-state index in [1.165, 1.54) is 0 Å². The Balaban J connectivity index is -0.0000000400. The molecule has 0 bridgehead atoms. The van der Waals surface area contributed by atoms with E-state index in [9.17, 15) is 0 Å². The van der Waals surface area contributed by atoms with Gasteiger partial charge < -0.3 is 0 Å². The monoisotopic (exact) mass is 278 g/mol. The van der Waals surface area contributed by atoms with Gasteiger partial charge in [0.15, 0.2) is 0 Å². The maximum absolute atomic E-state index is 8.47. The van der Waals surface area contributed by atoms with Crippen LogP contribution >= 0.6 is 0 Å². The molecular formula is As2O4Zn. The van der Waals surface area contributed by atoms with Gasteiger partial charge in [-0.25, -0.2) is 0 Å². The Labute approximate surface area is 67.0 Å². The fourth-order valence-corrected chi connectivity index (χ4v) is 0. The Hall–Kier alpha value is 1.26. The first-order valence-electron chi connectivity index (χ1n) is 0.730. The van der Waals surface area contributed by atoms with Crippen molar-refractivity contribution in [3.63, 3.8) is 0 Å². The van der Waals surface area contributed by atoms with Crippen LogP contribution < -0.4 is 8.19 Å². The minimum Gasteiger partial charge on any atom is 2.00 e. The molecule has 0 aliphatic rings. The SMILES string of the molecule is O=[As][O-].O=[As][O-].[Zn+2]. The van der Waals surface area contributed by atoms with Gasteiger partial charge in [-0.3, -0.25) is 0 Å². The summed E-state index contributed by atoms with van der Waals surface area (Å²) in [6, 6.07) is 0. The molecule has 0 amide bonds. The molecule has 0 radical (unpaired) electrons. The van der Waals surface area contributed by atoms with E-state index in [0.717, 1.165) is 0 Å². The minimum absolute atomic E-state index is 0. The van der Waals surface area contributed by atoms with E-state index in [0.29, 0.717) is 0 Å². The van der Waals surface area contributed by atoms with Gasteiger partial charge in [0.1, 0.15) is 0 Å². The fourth-order valence-electron chi connectivity index (χ4n) is 0. The third-order valence-electron chi connectivity index (χ3n) is 0. The van der Waals surface area contributed by atoms with Gasteiger partial charge in [0, 0.05) is 0 Å². The van der Waals surface area contributed by atoms with Crippen LogP contribution in [-0.2, 0) is 27.0 Å². The molecule has 0 spiro atoms. The largest absolute Gasteiger partial charge is 2.00 e. The van der Waals surface area contributed by atoms with Gasteiger partial charge in [-0.05, 0) is 0 Å². The summed E-state index contributed by atoms with van der Waals surface area (Å²) in [7, 11) is 0. The molecule has 0 aliphatic heterocycles. The van der Waals surface area contributed by atoms with Crippen LogP contribution in [0.15, 0.2) is 0 Å². The van der Waals surface area contributed by atoms with E-state index in [-0.39, 0.29) is 19.5 Å². The molecule has 0 aromatic heterocycles. The second-order valence-electron chi connectivity index (χ2n) is 0.149. The summed E-state index contributed by atoms with van der Waals surface area (Å²) in [4.78, 5) is 0. The van der Waals surface area contributed by atoms with Gasteiger partial charge in [-0.1, -0.05) is 0 Å². The van der Waals surface area contributed by atoms with Crippen LogP contribution in [0.2, 0.25) is 0 Å². The summed E-state index contributed by atoms with van der Waals surface area (Å²) in [5.74, 6) is 0. The molecule has 36 valence electrons. The molecule has 0 aliphatic carbocycles. The number of hydrogen-bond donors (Lipinski definition) is 0. The third kappa shape index (κ3) is 126. The van der Waals surface area contributed by atoms with Crippen molar-refractivity contribution in [3.8, 4) is 0 Å². The van der Waals surface area contributed by atoms with Crippen molar-refractivity contribution < 1.29 is 35.1 Å². The van der Waals surface area contributed by atoms with E-state index in [2.05, 4.69) is 0 Å². The van der Waals surface area contributed by atoms with Gasteiger partial charge in [0.05, 0.1) is 0 Å². The van der Waals surface area contributed by atoms with E-state index >= 15 is 0 Å². The van der Waals surface area contributed by atoms with Gasteiger partial charge in [-0.2, -0.15) is 0 Å². The smallest absolute Gasteiger partial charge is 2.00 e. The Morgan fingerprint density at radius 2 is 1.00 bits per heavy atom. The predicted molar refractivity (Wildman–Crippen MR) is 12.9 cm³/mol. The molecule has 0 fully saturated rings. The number of rotatable bonds is 0. The summed E-state index contributed by atoms with van der Waals surface area (Å²) in [5.41, 5.74) is 0. The van der Waals surface area contributed by atoms with Crippen molar-refractivity contribution in [2.24, 2.45) is 0 Å². The average molecular weight is 279 g/mol. The molecule has 7 heavy (non-hydrogen) atoms. The minimum atomic E-state index is -1.81. The first-order valence-corrected chi connectivity index (χ1v) is 3.79. The van der Waals surface area contributed by atoms with Crippen molar-refractivity contribution in [2.45, 2.75) is 0 Å². The van der Waals surface area contributed by atoms with E-state index in [1.54, 1.807) is 0 Å². The molecule has 0 saturated carbocycles. The maximum atomic E-state index is 8.47. The molecule has 0 saturated heterocycles. The standard InChI is InChI=1S/2AsHO2.Zn/c2*2-1-3;/h2*(H,2,3);/q;;+2/p-2.